The maximum atomic E-state index is 5.21. The van der Waals surface area contributed by atoms with Crippen LogP contribution in [0.5, 0.6) is 5.75 Å². The summed E-state index contributed by atoms with van der Waals surface area (Å²) in [4.78, 5) is 7.90. The van der Waals surface area contributed by atoms with Crippen LogP contribution in [0, 0.1) is 5.92 Å². The summed E-state index contributed by atoms with van der Waals surface area (Å²) in [5, 5.41) is 1.81. The number of H-pyrrole nitrogens is 1. The van der Waals surface area contributed by atoms with E-state index in [-0.39, 0.29) is 0 Å². The summed E-state index contributed by atoms with van der Waals surface area (Å²) in [5.41, 5.74) is 3.68. The van der Waals surface area contributed by atoms with Gasteiger partial charge in [0.05, 0.1) is 18.3 Å². The minimum atomic E-state index is 0.564. The molecule has 0 spiro atoms. The summed E-state index contributed by atoms with van der Waals surface area (Å²) in [7, 11) is 1.70. The number of hydrogen-bond acceptors (Lipinski definition) is 3. The SMILES string of the molecule is COc1ccc(CSC(C)C(C)Cc2nccc3cc[nH]c23)cc1. The summed E-state index contributed by atoms with van der Waals surface area (Å²) in [6.45, 7) is 4.63. The van der Waals surface area contributed by atoms with Crippen molar-refractivity contribution in [3.05, 3.63) is 60.0 Å². The molecule has 3 nitrogen and oxygen atoms in total. The Balaban J connectivity index is 1.58. The lowest BCUT2D eigenvalue weighted by Crippen LogP contribution is -2.14. The van der Waals surface area contributed by atoms with Gasteiger partial charge in [-0.05, 0) is 42.2 Å². The Kier molecular flexibility index (Phi) is 5.46. The number of thioether (sulfide) groups is 1. The number of methoxy groups -OCH3 is 1. The maximum absolute atomic E-state index is 5.21. The first-order valence-corrected chi connectivity index (χ1v) is 9.37. The fourth-order valence-electron chi connectivity index (χ4n) is 2.78. The van der Waals surface area contributed by atoms with Crippen LogP contribution >= 0.6 is 11.8 Å². The zero-order valence-electron chi connectivity index (χ0n) is 14.5. The lowest BCUT2D eigenvalue weighted by Gasteiger charge is -2.19. The topological polar surface area (TPSA) is 37.9 Å². The van der Waals surface area contributed by atoms with Crippen molar-refractivity contribution in [3.8, 4) is 5.75 Å². The van der Waals surface area contributed by atoms with E-state index in [2.05, 4.69) is 48.1 Å². The zero-order chi connectivity index (χ0) is 16.9. The van der Waals surface area contributed by atoms with Crippen molar-refractivity contribution in [2.75, 3.05) is 7.11 Å². The van der Waals surface area contributed by atoms with Crippen molar-refractivity contribution in [2.24, 2.45) is 5.92 Å². The number of aromatic amines is 1. The minimum Gasteiger partial charge on any atom is -0.497 e. The van der Waals surface area contributed by atoms with Crippen LogP contribution in [0.2, 0.25) is 0 Å². The van der Waals surface area contributed by atoms with Gasteiger partial charge in [0.1, 0.15) is 5.75 Å². The molecule has 0 aliphatic rings. The second kappa shape index (κ2) is 7.75. The molecular weight excluding hydrogens is 316 g/mol. The number of aromatic nitrogens is 2. The molecule has 4 heteroatoms. The van der Waals surface area contributed by atoms with E-state index in [1.165, 1.54) is 22.2 Å². The van der Waals surface area contributed by atoms with Crippen LogP contribution in [0.1, 0.15) is 25.1 Å². The monoisotopic (exact) mass is 340 g/mol. The number of ether oxygens (including phenoxy) is 1. The molecule has 1 aromatic carbocycles. The molecule has 0 saturated carbocycles. The van der Waals surface area contributed by atoms with Gasteiger partial charge in [0, 0.05) is 28.8 Å². The van der Waals surface area contributed by atoms with Crippen molar-refractivity contribution >= 4 is 22.7 Å². The van der Waals surface area contributed by atoms with E-state index in [4.69, 9.17) is 4.74 Å². The Hall–Kier alpha value is -1.94. The highest BCUT2D eigenvalue weighted by Crippen LogP contribution is 2.27. The van der Waals surface area contributed by atoms with Crippen molar-refractivity contribution in [1.82, 2.24) is 9.97 Å². The molecule has 2 aromatic heterocycles. The first-order chi connectivity index (χ1) is 11.7. The fraction of sp³-hybridized carbons (Fsp3) is 0.350. The van der Waals surface area contributed by atoms with Gasteiger partial charge in [0.15, 0.2) is 0 Å². The van der Waals surface area contributed by atoms with E-state index in [0.717, 1.165) is 17.9 Å². The van der Waals surface area contributed by atoms with E-state index < -0.39 is 0 Å². The van der Waals surface area contributed by atoms with Crippen LogP contribution in [0.15, 0.2) is 48.8 Å². The van der Waals surface area contributed by atoms with Gasteiger partial charge in [-0.1, -0.05) is 26.0 Å². The van der Waals surface area contributed by atoms with Crippen molar-refractivity contribution in [1.29, 1.82) is 0 Å². The molecule has 2 heterocycles. The van der Waals surface area contributed by atoms with Gasteiger partial charge in [0.2, 0.25) is 0 Å². The summed E-state index contributed by atoms with van der Waals surface area (Å²) in [6, 6.07) is 12.5. The average molecular weight is 340 g/mol. The van der Waals surface area contributed by atoms with Crippen LogP contribution < -0.4 is 4.74 Å². The number of hydrogen-bond donors (Lipinski definition) is 1. The third kappa shape index (κ3) is 3.93. The maximum Gasteiger partial charge on any atom is 0.118 e. The normalized spacial score (nSPS) is 13.8. The second-order valence-electron chi connectivity index (χ2n) is 6.25. The third-order valence-electron chi connectivity index (χ3n) is 4.54. The molecule has 0 saturated heterocycles. The number of rotatable bonds is 7. The minimum absolute atomic E-state index is 0.564. The lowest BCUT2D eigenvalue weighted by molar-refractivity contribution is 0.414. The highest BCUT2D eigenvalue weighted by Gasteiger charge is 2.16. The average Bonchev–Trinajstić information content (AvgIpc) is 3.10. The summed E-state index contributed by atoms with van der Waals surface area (Å²) >= 11 is 2.00. The number of nitrogens with one attached hydrogen (secondary N) is 1. The largest absolute Gasteiger partial charge is 0.497 e. The molecule has 126 valence electrons. The molecule has 3 aromatic rings. The third-order valence-corrected chi connectivity index (χ3v) is 6.03. The standard InChI is InChI=1S/C20H24N2OS/c1-14(12-19-20-17(8-10-21-19)9-11-22-20)15(2)24-13-16-4-6-18(23-3)7-5-16/h4-11,14-15,22H,12-13H2,1-3H3. The summed E-state index contributed by atoms with van der Waals surface area (Å²) in [6.07, 6.45) is 4.89. The summed E-state index contributed by atoms with van der Waals surface area (Å²) < 4.78 is 5.21. The Morgan fingerprint density at radius 2 is 1.92 bits per heavy atom. The lowest BCUT2D eigenvalue weighted by atomic mass is 10.0. The Bertz CT molecular complexity index is 782. The summed E-state index contributed by atoms with van der Waals surface area (Å²) in [5.74, 6) is 2.50. The number of benzene rings is 1. The molecule has 0 fully saturated rings. The Morgan fingerprint density at radius 3 is 2.67 bits per heavy atom. The first-order valence-electron chi connectivity index (χ1n) is 8.33. The molecule has 3 rings (SSSR count). The predicted molar refractivity (Wildman–Crippen MR) is 103 cm³/mol. The molecule has 1 N–H and O–H groups in total. The van der Waals surface area contributed by atoms with Gasteiger partial charge in [-0.2, -0.15) is 11.8 Å². The van der Waals surface area contributed by atoms with E-state index in [0.29, 0.717) is 11.2 Å². The molecule has 2 unspecified atom stereocenters. The molecule has 0 radical (unpaired) electrons. The fourth-order valence-corrected chi connectivity index (χ4v) is 3.85. The molecule has 0 aliphatic carbocycles. The van der Waals surface area contributed by atoms with Crippen molar-refractivity contribution < 1.29 is 4.74 Å². The van der Waals surface area contributed by atoms with Crippen LogP contribution in [-0.2, 0) is 12.2 Å². The molecule has 0 bridgehead atoms. The molecular formula is C20H24N2OS. The van der Waals surface area contributed by atoms with Gasteiger partial charge < -0.3 is 9.72 Å². The van der Waals surface area contributed by atoms with Gasteiger partial charge in [-0.25, -0.2) is 0 Å². The predicted octanol–water partition coefficient (Wildman–Crippen LogP) is 5.07. The van der Waals surface area contributed by atoms with Gasteiger partial charge in [-0.3, -0.25) is 4.98 Å². The van der Waals surface area contributed by atoms with Gasteiger partial charge in [0.25, 0.3) is 0 Å². The highest BCUT2D eigenvalue weighted by atomic mass is 32.2. The van der Waals surface area contributed by atoms with Gasteiger partial charge in [-0.15, -0.1) is 0 Å². The number of fused-ring (bicyclic) bond motifs is 1. The van der Waals surface area contributed by atoms with Gasteiger partial charge >= 0.3 is 0 Å². The molecule has 24 heavy (non-hydrogen) atoms. The quantitative estimate of drug-likeness (QED) is 0.652. The van der Waals surface area contributed by atoms with E-state index in [1.54, 1.807) is 7.11 Å². The Morgan fingerprint density at radius 1 is 1.12 bits per heavy atom. The Labute approximate surface area is 147 Å². The number of pyridine rings is 1. The zero-order valence-corrected chi connectivity index (χ0v) is 15.3. The highest BCUT2D eigenvalue weighted by molar-refractivity contribution is 7.99. The van der Waals surface area contributed by atoms with Crippen LogP contribution in [-0.4, -0.2) is 22.3 Å². The second-order valence-corrected chi connectivity index (χ2v) is 7.61. The van der Waals surface area contributed by atoms with Crippen LogP contribution in [0.3, 0.4) is 0 Å². The van der Waals surface area contributed by atoms with E-state index in [9.17, 15) is 0 Å². The molecule has 0 aliphatic heterocycles. The first kappa shape index (κ1) is 16.9. The number of nitrogens with zero attached hydrogens (tertiary/aromatic N) is 1. The van der Waals surface area contributed by atoms with Crippen molar-refractivity contribution in [2.45, 2.75) is 31.3 Å². The van der Waals surface area contributed by atoms with E-state index in [1.807, 2.05) is 36.3 Å². The molecule has 2 atom stereocenters. The smallest absolute Gasteiger partial charge is 0.118 e. The van der Waals surface area contributed by atoms with Crippen LogP contribution in [0.4, 0.5) is 0 Å². The van der Waals surface area contributed by atoms with E-state index >= 15 is 0 Å². The van der Waals surface area contributed by atoms with Crippen LogP contribution in [0.25, 0.3) is 10.9 Å². The molecule has 0 amide bonds. The van der Waals surface area contributed by atoms with Crippen molar-refractivity contribution in [3.63, 3.8) is 0 Å².